The van der Waals surface area contributed by atoms with Gasteiger partial charge in [-0.15, -0.1) is 11.6 Å². The molecule has 1 aromatic rings. The molecule has 14 heavy (non-hydrogen) atoms. The summed E-state index contributed by atoms with van der Waals surface area (Å²) >= 11 is 5.51. The Labute approximate surface area is 87.4 Å². The zero-order chi connectivity index (χ0) is 9.97. The Morgan fingerprint density at radius 3 is 2.93 bits per heavy atom. The van der Waals surface area contributed by atoms with Crippen molar-refractivity contribution in [1.29, 1.82) is 0 Å². The van der Waals surface area contributed by atoms with Gasteiger partial charge < -0.3 is 10.6 Å². The molecular weight excluding hydrogens is 200 g/mol. The molecule has 2 rings (SSSR count). The highest BCUT2D eigenvalue weighted by atomic mass is 35.5. The molecule has 3 nitrogen and oxygen atoms in total. The predicted molar refractivity (Wildman–Crippen MR) is 58.2 cm³/mol. The molecule has 0 saturated carbocycles. The van der Waals surface area contributed by atoms with Crippen molar-refractivity contribution in [3.63, 3.8) is 0 Å². The summed E-state index contributed by atoms with van der Waals surface area (Å²) in [6, 6.07) is 5.61. The first-order valence-electron chi connectivity index (χ1n) is 4.52. The van der Waals surface area contributed by atoms with Gasteiger partial charge in [-0.3, -0.25) is 4.79 Å². The van der Waals surface area contributed by atoms with Crippen molar-refractivity contribution in [2.24, 2.45) is 0 Å². The average Bonchev–Trinajstić information content (AvgIpc) is 2.64. The number of Topliss-reactive ketones (excluding diaryl/α,β-unsaturated/α-hetero) is 1. The van der Waals surface area contributed by atoms with Crippen LogP contribution in [-0.2, 0) is 0 Å². The zero-order valence-electron chi connectivity index (χ0n) is 7.64. The molecule has 0 radical (unpaired) electrons. The summed E-state index contributed by atoms with van der Waals surface area (Å²) < 4.78 is 0. The second-order valence-corrected chi connectivity index (χ2v) is 3.53. The van der Waals surface area contributed by atoms with E-state index in [1.807, 2.05) is 18.2 Å². The molecule has 0 unspecified atom stereocenters. The van der Waals surface area contributed by atoms with Crippen molar-refractivity contribution in [3.05, 3.63) is 23.8 Å². The highest BCUT2D eigenvalue weighted by Crippen LogP contribution is 2.27. The molecule has 0 amide bonds. The topological polar surface area (TPSA) is 41.1 Å². The van der Waals surface area contributed by atoms with Gasteiger partial charge in [0.1, 0.15) is 0 Å². The van der Waals surface area contributed by atoms with E-state index in [4.69, 9.17) is 11.6 Å². The third-order valence-electron chi connectivity index (χ3n) is 2.22. The lowest BCUT2D eigenvalue weighted by atomic mass is 10.1. The lowest BCUT2D eigenvalue weighted by Gasteiger charge is -2.02. The van der Waals surface area contributed by atoms with Crippen LogP contribution in [0.5, 0.6) is 0 Å². The van der Waals surface area contributed by atoms with Gasteiger partial charge in [0.2, 0.25) is 0 Å². The quantitative estimate of drug-likeness (QED) is 0.594. The van der Waals surface area contributed by atoms with Gasteiger partial charge in [0, 0.05) is 17.9 Å². The molecule has 1 aliphatic heterocycles. The fourth-order valence-corrected chi connectivity index (χ4v) is 1.65. The van der Waals surface area contributed by atoms with Crippen LogP contribution in [0.1, 0.15) is 16.8 Å². The number of hydrogen-bond acceptors (Lipinski definition) is 3. The molecule has 1 heterocycles. The lowest BCUT2D eigenvalue weighted by Crippen LogP contribution is -2.00. The molecule has 74 valence electrons. The zero-order valence-corrected chi connectivity index (χ0v) is 8.40. The Morgan fingerprint density at radius 1 is 1.36 bits per heavy atom. The monoisotopic (exact) mass is 210 g/mol. The number of hydrogen-bond donors (Lipinski definition) is 2. The largest absolute Gasteiger partial charge is 0.366 e. The van der Waals surface area contributed by atoms with Crippen molar-refractivity contribution in [2.45, 2.75) is 6.42 Å². The third kappa shape index (κ3) is 1.68. The average molecular weight is 211 g/mol. The SMILES string of the molecule is O=C(CCCl)c1ccc2c(c1)NCN2. The predicted octanol–water partition coefficient (Wildman–Crippen LogP) is 2.29. The van der Waals surface area contributed by atoms with Crippen molar-refractivity contribution in [1.82, 2.24) is 0 Å². The normalized spacial score (nSPS) is 12.9. The number of fused-ring (bicyclic) bond motifs is 1. The molecule has 0 saturated heterocycles. The van der Waals surface area contributed by atoms with Crippen molar-refractivity contribution < 1.29 is 4.79 Å². The van der Waals surface area contributed by atoms with Crippen LogP contribution in [-0.4, -0.2) is 18.3 Å². The van der Waals surface area contributed by atoms with Crippen LogP contribution >= 0.6 is 11.6 Å². The standard InChI is InChI=1S/C10H11ClN2O/c11-4-3-10(14)7-1-2-8-9(5-7)13-6-12-8/h1-2,5,12-13H,3-4,6H2. The maximum absolute atomic E-state index is 11.5. The molecule has 2 N–H and O–H groups in total. The Morgan fingerprint density at radius 2 is 2.14 bits per heavy atom. The molecule has 1 aromatic carbocycles. The van der Waals surface area contributed by atoms with Crippen LogP contribution in [0.3, 0.4) is 0 Å². The van der Waals surface area contributed by atoms with Crippen LogP contribution in [0.2, 0.25) is 0 Å². The molecule has 0 bridgehead atoms. The maximum Gasteiger partial charge on any atom is 0.164 e. The molecule has 0 spiro atoms. The summed E-state index contributed by atoms with van der Waals surface area (Å²) in [6.45, 7) is 0.725. The number of anilines is 2. The highest BCUT2D eigenvalue weighted by Gasteiger charge is 2.12. The second kappa shape index (κ2) is 3.88. The Bertz CT molecular complexity index is 365. The fourth-order valence-electron chi connectivity index (χ4n) is 1.48. The van der Waals surface area contributed by atoms with E-state index in [0.717, 1.165) is 23.6 Å². The summed E-state index contributed by atoms with van der Waals surface area (Å²) in [5.41, 5.74) is 2.76. The van der Waals surface area contributed by atoms with E-state index in [0.29, 0.717) is 12.3 Å². The summed E-state index contributed by atoms with van der Waals surface area (Å²) in [5, 5.41) is 6.29. The van der Waals surface area contributed by atoms with Crippen molar-refractivity contribution in [2.75, 3.05) is 23.2 Å². The van der Waals surface area contributed by atoms with Gasteiger partial charge in [0.05, 0.1) is 18.0 Å². The minimum absolute atomic E-state index is 0.0940. The van der Waals surface area contributed by atoms with E-state index in [2.05, 4.69) is 10.6 Å². The van der Waals surface area contributed by atoms with E-state index < -0.39 is 0 Å². The number of halogens is 1. The third-order valence-corrected chi connectivity index (χ3v) is 2.41. The van der Waals surface area contributed by atoms with Crippen molar-refractivity contribution >= 4 is 28.8 Å². The van der Waals surface area contributed by atoms with E-state index in [1.165, 1.54) is 0 Å². The number of nitrogens with one attached hydrogen (secondary N) is 2. The minimum atomic E-state index is 0.0940. The smallest absolute Gasteiger partial charge is 0.164 e. The van der Waals surface area contributed by atoms with Gasteiger partial charge in [0.25, 0.3) is 0 Å². The van der Waals surface area contributed by atoms with Gasteiger partial charge in [-0.2, -0.15) is 0 Å². The van der Waals surface area contributed by atoms with E-state index in [-0.39, 0.29) is 5.78 Å². The Kier molecular flexibility index (Phi) is 2.59. The number of benzene rings is 1. The first-order valence-corrected chi connectivity index (χ1v) is 5.05. The van der Waals surface area contributed by atoms with Crippen molar-refractivity contribution in [3.8, 4) is 0 Å². The summed E-state index contributed by atoms with van der Waals surface area (Å²) in [6.07, 6.45) is 0.397. The van der Waals surface area contributed by atoms with E-state index in [9.17, 15) is 4.79 Å². The molecule has 4 heteroatoms. The molecule has 0 fully saturated rings. The second-order valence-electron chi connectivity index (χ2n) is 3.15. The number of carbonyl (C=O) groups excluding carboxylic acids is 1. The molecular formula is C10H11ClN2O. The molecule has 0 atom stereocenters. The van der Waals surface area contributed by atoms with Gasteiger partial charge >= 0.3 is 0 Å². The summed E-state index contributed by atoms with van der Waals surface area (Å²) in [7, 11) is 0. The Hall–Kier alpha value is -1.22. The summed E-state index contributed by atoms with van der Waals surface area (Å²) in [4.78, 5) is 11.5. The van der Waals surface area contributed by atoms with Gasteiger partial charge in [-0.05, 0) is 18.2 Å². The fraction of sp³-hybridized carbons (Fsp3) is 0.300. The number of rotatable bonds is 3. The lowest BCUT2D eigenvalue weighted by molar-refractivity contribution is 0.0989. The van der Waals surface area contributed by atoms with Gasteiger partial charge in [0.15, 0.2) is 5.78 Å². The van der Waals surface area contributed by atoms with Crippen LogP contribution in [0.15, 0.2) is 18.2 Å². The van der Waals surface area contributed by atoms with E-state index in [1.54, 1.807) is 0 Å². The first kappa shape index (κ1) is 9.34. The van der Waals surface area contributed by atoms with Crippen LogP contribution in [0, 0.1) is 0 Å². The van der Waals surface area contributed by atoms with Gasteiger partial charge in [-0.25, -0.2) is 0 Å². The van der Waals surface area contributed by atoms with Crippen LogP contribution in [0.4, 0.5) is 11.4 Å². The molecule has 0 aliphatic carbocycles. The number of carbonyl (C=O) groups is 1. The molecule has 0 aromatic heterocycles. The van der Waals surface area contributed by atoms with Crippen LogP contribution < -0.4 is 10.6 Å². The molecule has 1 aliphatic rings. The Balaban J connectivity index is 2.24. The summed E-state index contributed by atoms with van der Waals surface area (Å²) in [5.74, 6) is 0.471. The highest BCUT2D eigenvalue weighted by molar-refractivity contribution is 6.19. The minimum Gasteiger partial charge on any atom is -0.366 e. The van der Waals surface area contributed by atoms with Crippen LogP contribution in [0.25, 0.3) is 0 Å². The van der Waals surface area contributed by atoms with Gasteiger partial charge in [-0.1, -0.05) is 0 Å². The first-order chi connectivity index (χ1) is 6.81. The maximum atomic E-state index is 11.5. The number of ketones is 1. The van der Waals surface area contributed by atoms with E-state index >= 15 is 0 Å². The number of alkyl halides is 1.